The molecule has 0 unspecified atom stereocenters. The summed E-state index contributed by atoms with van der Waals surface area (Å²) in [7, 11) is 0. The van der Waals surface area contributed by atoms with Crippen LogP contribution in [0.3, 0.4) is 0 Å². The van der Waals surface area contributed by atoms with Gasteiger partial charge in [-0.15, -0.1) is 0 Å². The predicted molar refractivity (Wildman–Crippen MR) is 79.4 cm³/mol. The largest absolute Gasteiger partial charge is 0.361 e. The number of ketones is 1. The number of aryl methyl sites for hydroxylation is 2. The molecule has 0 atom stereocenters. The van der Waals surface area contributed by atoms with E-state index in [2.05, 4.69) is 5.32 Å². The fourth-order valence-corrected chi connectivity index (χ4v) is 1.88. The topological polar surface area (TPSA) is 29.1 Å². The van der Waals surface area contributed by atoms with Crippen LogP contribution < -0.4 is 5.32 Å². The van der Waals surface area contributed by atoms with Crippen molar-refractivity contribution in [3.63, 3.8) is 0 Å². The zero-order chi connectivity index (χ0) is 14.5. The van der Waals surface area contributed by atoms with Crippen molar-refractivity contribution in [2.45, 2.75) is 13.8 Å². The maximum absolute atomic E-state index is 13.0. The fourth-order valence-electron chi connectivity index (χ4n) is 1.88. The van der Waals surface area contributed by atoms with Gasteiger partial charge in [-0.05, 0) is 43.7 Å². The van der Waals surface area contributed by atoms with E-state index in [1.54, 1.807) is 12.1 Å². The lowest BCUT2D eigenvalue weighted by atomic mass is 10.0. The van der Waals surface area contributed by atoms with Gasteiger partial charge in [-0.25, -0.2) is 4.39 Å². The van der Waals surface area contributed by atoms with Gasteiger partial charge in [0.1, 0.15) is 5.82 Å². The van der Waals surface area contributed by atoms with Gasteiger partial charge in [-0.2, -0.15) is 0 Å². The van der Waals surface area contributed by atoms with E-state index in [1.165, 1.54) is 24.4 Å². The van der Waals surface area contributed by atoms with Crippen LogP contribution in [0.15, 0.2) is 54.7 Å². The van der Waals surface area contributed by atoms with Gasteiger partial charge in [-0.1, -0.05) is 23.8 Å². The Morgan fingerprint density at radius 1 is 1.15 bits per heavy atom. The van der Waals surface area contributed by atoms with Crippen molar-refractivity contribution >= 4 is 11.5 Å². The Balaban J connectivity index is 2.08. The van der Waals surface area contributed by atoms with Crippen LogP contribution in [0.5, 0.6) is 0 Å². The summed E-state index contributed by atoms with van der Waals surface area (Å²) in [6.07, 6.45) is 2.98. The molecule has 0 aromatic heterocycles. The number of anilines is 1. The van der Waals surface area contributed by atoms with Gasteiger partial charge < -0.3 is 5.32 Å². The third-order valence-electron chi connectivity index (χ3n) is 2.97. The van der Waals surface area contributed by atoms with Gasteiger partial charge >= 0.3 is 0 Å². The molecular formula is C17H16FNO. The first kappa shape index (κ1) is 14.0. The highest BCUT2D eigenvalue weighted by atomic mass is 19.1. The summed E-state index contributed by atoms with van der Waals surface area (Å²) >= 11 is 0. The lowest BCUT2D eigenvalue weighted by Crippen LogP contribution is -2.00. The van der Waals surface area contributed by atoms with Gasteiger partial charge in [0, 0.05) is 23.5 Å². The molecule has 1 N–H and O–H groups in total. The monoisotopic (exact) mass is 269 g/mol. The van der Waals surface area contributed by atoms with Crippen molar-refractivity contribution in [3.8, 4) is 0 Å². The maximum Gasteiger partial charge on any atom is 0.187 e. The minimum absolute atomic E-state index is 0.0740. The number of benzene rings is 2. The zero-order valence-electron chi connectivity index (χ0n) is 11.5. The summed E-state index contributed by atoms with van der Waals surface area (Å²) < 4.78 is 13.0. The van der Waals surface area contributed by atoms with E-state index in [4.69, 9.17) is 0 Å². The summed E-state index contributed by atoms with van der Waals surface area (Å²) in [6.45, 7) is 3.85. The van der Waals surface area contributed by atoms with Gasteiger partial charge in [0.25, 0.3) is 0 Å². The minimum atomic E-state index is -0.316. The summed E-state index contributed by atoms with van der Waals surface area (Å²) in [5, 5.41) is 2.88. The van der Waals surface area contributed by atoms with E-state index < -0.39 is 0 Å². The second kappa shape index (κ2) is 6.15. The fraction of sp³-hybridized carbons (Fsp3) is 0.118. The predicted octanol–water partition coefficient (Wildman–Crippen LogP) is 4.25. The first-order valence-electron chi connectivity index (χ1n) is 6.36. The molecule has 2 rings (SSSR count). The number of carbonyl (C=O) groups excluding carboxylic acids is 1. The van der Waals surface area contributed by atoms with Crippen LogP contribution in [0.1, 0.15) is 21.5 Å². The molecule has 102 valence electrons. The van der Waals surface area contributed by atoms with E-state index in [-0.39, 0.29) is 11.6 Å². The Bertz CT molecular complexity index is 662. The van der Waals surface area contributed by atoms with Crippen LogP contribution in [0, 0.1) is 19.7 Å². The van der Waals surface area contributed by atoms with Crippen LogP contribution >= 0.6 is 0 Å². The summed E-state index contributed by atoms with van der Waals surface area (Å²) in [5.74, 6) is -0.389. The lowest BCUT2D eigenvalue weighted by molar-refractivity contribution is 0.104. The first-order chi connectivity index (χ1) is 9.56. The smallest absolute Gasteiger partial charge is 0.187 e. The minimum Gasteiger partial charge on any atom is -0.361 e. The molecule has 0 spiro atoms. The molecule has 2 nitrogen and oxygen atoms in total. The van der Waals surface area contributed by atoms with Crippen LogP contribution in [-0.2, 0) is 0 Å². The number of carbonyl (C=O) groups is 1. The average molecular weight is 269 g/mol. The molecule has 0 aliphatic rings. The Kier molecular flexibility index (Phi) is 4.31. The van der Waals surface area contributed by atoms with Crippen LogP contribution in [0.2, 0.25) is 0 Å². The van der Waals surface area contributed by atoms with Crippen molar-refractivity contribution in [2.75, 3.05) is 5.32 Å². The van der Waals surface area contributed by atoms with Gasteiger partial charge in [0.2, 0.25) is 0 Å². The highest BCUT2D eigenvalue weighted by molar-refractivity contribution is 6.05. The summed E-state index contributed by atoms with van der Waals surface area (Å²) in [4.78, 5) is 12.1. The molecule has 0 saturated carbocycles. The van der Waals surface area contributed by atoms with Crippen molar-refractivity contribution in [3.05, 3.63) is 77.2 Å². The van der Waals surface area contributed by atoms with Crippen LogP contribution in [0.25, 0.3) is 0 Å². The molecule has 0 heterocycles. The molecule has 0 amide bonds. The molecule has 0 aliphatic heterocycles. The van der Waals surface area contributed by atoms with Crippen molar-refractivity contribution < 1.29 is 9.18 Å². The third kappa shape index (κ3) is 3.54. The van der Waals surface area contributed by atoms with Crippen molar-refractivity contribution in [1.29, 1.82) is 0 Å². The Morgan fingerprint density at radius 3 is 2.70 bits per heavy atom. The third-order valence-corrected chi connectivity index (χ3v) is 2.97. The zero-order valence-corrected chi connectivity index (χ0v) is 11.5. The number of rotatable bonds is 4. The quantitative estimate of drug-likeness (QED) is 0.664. The van der Waals surface area contributed by atoms with E-state index >= 15 is 0 Å². The highest BCUT2D eigenvalue weighted by Gasteiger charge is 2.05. The molecule has 0 bridgehead atoms. The van der Waals surface area contributed by atoms with Gasteiger partial charge in [0.15, 0.2) is 5.78 Å². The van der Waals surface area contributed by atoms with Crippen molar-refractivity contribution in [2.24, 2.45) is 0 Å². The van der Waals surface area contributed by atoms with Crippen LogP contribution in [0.4, 0.5) is 10.1 Å². The lowest BCUT2D eigenvalue weighted by Gasteiger charge is -2.03. The SMILES string of the molecule is Cc1ccc(C)c(C(=O)/C=C/Nc2cccc(F)c2)c1. The maximum atomic E-state index is 13.0. The molecule has 0 fully saturated rings. The second-order valence-electron chi connectivity index (χ2n) is 4.67. The highest BCUT2D eigenvalue weighted by Crippen LogP contribution is 2.13. The van der Waals surface area contributed by atoms with E-state index in [0.29, 0.717) is 11.3 Å². The summed E-state index contributed by atoms with van der Waals surface area (Å²) in [5.41, 5.74) is 3.28. The average Bonchev–Trinajstić information content (AvgIpc) is 2.41. The number of allylic oxidation sites excluding steroid dienone is 1. The van der Waals surface area contributed by atoms with E-state index in [9.17, 15) is 9.18 Å². The van der Waals surface area contributed by atoms with Gasteiger partial charge in [0.05, 0.1) is 0 Å². The molecule has 20 heavy (non-hydrogen) atoms. The number of hydrogen-bond acceptors (Lipinski definition) is 2. The van der Waals surface area contributed by atoms with Crippen molar-refractivity contribution in [1.82, 2.24) is 0 Å². The molecular weight excluding hydrogens is 253 g/mol. The normalized spacial score (nSPS) is 10.8. The van der Waals surface area contributed by atoms with E-state index in [0.717, 1.165) is 11.1 Å². The Hall–Kier alpha value is -2.42. The summed E-state index contributed by atoms with van der Waals surface area (Å²) in [6, 6.07) is 11.8. The standard InChI is InChI=1S/C17H16FNO/c1-12-6-7-13(2)16(10-12)17(20)8-9-19-15-5-3-4-14(18)11-15/h3-11,19H,1-2H3/b9-8+. The Morgan fingerprint density at radius 2 is 1.95 bits per heavy atom. The van der Waals surface area contributed by atoms with Crippen LogP contribution in [-0.4, -0.2) is 5.78 Å². The molecule has 2 aromatic rings. The number of halogens is 1. The Labute approximate surface area is 118 Å². The van der Waals surface area contributed by atoms with Gasteiger partial charge in [-0.3, -0.25) is 4.79 Å². The van der Waals surface area contributed by atoms with E-state index in [1.807, 2.05) is 32.0 Å². The second-order valence-corrected chi connectivity index (χ2v) is 4.67. The first-order valence-corrected chi connectivity index (χ1v) is 6.36. The molecule has 3 heteroatoms. The molecule has 0 aliphatic carbocycles. The molecule has 0 radical (unpaired) electrons. The number of nitrogens with one attached hydrogen (secondary N) is 1. The number of hydrogen-bond donors (Lipinski definition) is 1. The molecule has 2 aromatic carbocycles. The molecule has 0 saturated heterocycles.